The number of aromatic nitrogens is 2. The Balaban J connectivity index is 0.00000264. The van der Waals surface area contributed by atoms with Crippen LogP contribution < -0.4 is 11.1 Å². The Kier molecular flexibility index (Phi) is 7.47. The van der Waals surface area contributed by atoms with Crippen molar-refractivity contribution in [3.05, 3.63) is 12.4 Å². The zero-order valence-corrected chi connectivity index (χ0v) is 14.2. The quantitative estimate of drug-likeness (QED) is 0.795. The molecule has 1 saturated heterocycles. The van der Waals surface area contributed by atoms with Crippen LogP contribution in [0.2, 0.25) is 0 Å². The first-order valence-electron chi connectivity index (χ1n) is 7.43. The van der Waals surface area contributed by atoms with Gasteiger partial charge in [0.2, 0.25) is 11.8 Å². The fourth-order valence-corrected chi connectivity index (χ4v) is 2.49. The van der Waals surface area contributed by atoms with E-state index in [1.54, 1.807) is 11.1 Å². The van der Waals surface area contributed by atoms with Crippen LogP contribution in [0.5, 0.6) is 0 Å². The molecule has 2 unspecified atom stereocenters. The molecule has 0 spiro atoms. The highest BCUT2D eigenvalue weighted by Gasteiger charge is 2.25. The van der Waals surface area contributed by atoms with Crippen LogP contribution in [0.3, 0.4) is 0 Å². The van der Waals surface area contributed by atoms with E-state index in [9.17, 15) is 9.59 Å². The number of ether oxygens (including phenoxy) is 1. The van der Waals surface area contributed by atoms with Gasteiger partial charge in [-0.1, -0.05) is 0 Å². The standard InChI is InChI=1S/C14H23N5O3.ClH/c1-10-6-18(7-11(2)22-10)14(21)9-19-8-12(5-16-19)17-13(20)3-4-15;/h5,8,10-11H,3-4,6-7,9,15H2,1-2H3,(H,17,20);1H. The largest absolute Gasteiger partial charge is 0.372 e. The van der Waals surface area contributed by atoms with Crippen molar-refractivity contribution >= 4 is 29.9 Å². The van der Waals surface area contributed by atoms with Gasteiger partial charge in [-0.15, -0.1) is 12.4 Å². The molecule has 9 heteroatoms. The van der Waals surface area contributed by atoms with Crippen molar-refractivity contribution in [3.63, 3.8) is 0 Å². The maximum Gasteiger partial charge on any atom is 0.244 e. The maximum absolute atomic E-state index is 12.3. The fraction of sp³-hybridized carbons (Fsp3) is 0.643. The highest BCUT2D eigenvalue weighted by atomic mass is 35.5. The fourth-order valence-electron chi connectivity index (χ4n) is 2.49. The van der Waals surface area contributed by atoms with E-state index in [1.165, 1.54) is 10.9 Å². The molecule has 2 rings (SSSR count). The molecule has 8 nitrogen and oxygen atoms in total. The van der Waals surface area contributed by atoms with Gasteiger partial charge in [0.05, 0.1) is 24.1 Å². The molecular weight excluding hydrogens is 322 g/mol. The van der Waals surface area contributed by atoms with Crippen LogP contribution in [0.25, 0.3) is 0 Å². The lowest BCUT2D eigenvalue weighted by molar-refractivity contribution is -0.144. The van der Waals surface area contributed by atoms with E-state index in [4.69, 9.17) is 10.5 Å². The number of nitrogens with zero attached hydrogens (tertiary/aromatic N) is 3. The first-order chi connectivity index (χ1) is 10.5. The summed E-state index contributed by atoms with van der Waals surface area (Å²) in [7, 11) is 0. The van der Waals surface area contributed by atoms with E-state index in [-0.39, 0.29) is 49.4 Å². The Bertz CT molecular complexity index is 526. The Morgan fingerprint density at radius 2 is 2.04 bits per heavy atom. The normalized spacial score (nSPS) is 20.7. The molecule has 1 aliphatic heterocycles. The number of morpholine rings is 1. The molecule has 1 aromatic rings. The zero-order valence-electron chi connectivity index (χ0n) is 13.4. The second kappa shape index (κ2) is 8.85. The van der Waals surface area contributed by atoms with Crippen LogP contribution in [-0.4, -0.2) is 58.3 Å². The highest BCUT2D eigenvalue weighted by Crippen LogP contribution is 2.12. The predicted octanol–water partition coefficient (Wildman–Crippen LogP) is 0.228. The van der Waals surface area contributed by atoms with Gasteiger partial charge in [0.25, 0.3) is 0 Å². The first kappa shape index (κ1) is 19.4. The zero-order chi connectivity index (χ0) is 16.1. The van der Waals surface area contributed by atoms with Crippen molar-refractivity contribution < 1.29 is 14.3 Å². The molecule has 0 aromatic carbocycles. The van der Waals surface area contributed by atoms with Gasteiger partial charge in [-0.05, 0) is 13.8 Å². The molecule has 1 aromatic heterocycles. The topological polar surface area (TPSA) is 102 Å². The number of anilines is 1. The molecule has 3 N–H and O–H groups in total. The molecule has 2 amide bonds. The van der Waals surface area contributed by atoms with Crippen molar-refractivity contribution in [3.8, 4) is 0 Å². The van der Waals surface area contributed by atoms with Gasteiger partial charge in [-0.3, -0.25) is 14.3 Å². The summed E-state index contributed by atoms with van der Waals surface area (Å²) in [4.78, 5) is 25.5. The smallest absolute Gasteiger partial charge is 0.244 e. The van der Waals surface area contributed by atoms with E-state index in [0.29, 0.717) is 25.3 Å². The van der Waals surface area contributed by atoms with Crippen LogP contribution >= 0.6 is 12.4 Å². The molecule has 1 fully saturated rings. The van der Waals surface area contributed by atoms with E-state index < -0.39 is 0 Å². The van der Waals surface area contributed by atoms with Gasteiger partial charge in [0.1, 0.15) is 6.54 Å². The number of nitrogens with two attached hydrogens (primary N) is 1. The minimum absolute atomic E-state index is 0. The first-order valence-corrected chi connectivity index (χ1v) is 7.43. The number of amides is 2. The van der Waals surface area contributed by atoms with Crippen molar-refractivity contribution in [2.24, 2.45) is 5.73 Å². The van der Waals surface area contributed by atoms with Crippen LogP contribution in [0.15, 0.2) is 12.4 Å². The average Bonchev–Trinajstić information content (AvgIpc) is 2.85. The van der Waals surface area contributed by atoms with Crippen LogP contribution in [-0.2, 0) is 20.9 Å². The third-order valence-corrected chi connectivity index (χ3v) is 3.36. The summed E-state index contributed by atoms with van der Waals surface area (Å²) in [5, 5.41) is 6.78. The van der Waals surface area contributed by atoms with Crippen molar-refractivity contribution in [2.45, 2.75) is 39.0 Å². The van der Waals surface area contributed by atoms with E-state index in [2.05, 4.69) is 10.4 Å². The summed E-state index contributed by atoms with van der Waals surface area (Å²) in [5.74, 6) is -0.172. The molecule has 130 valence electrons. The average molecular weight is 346 g/mol. The molecule has 0 saturated carbocycles. The third kappa shape index (κ3) is 5.81. The Morgan fingerprint density at radius 3 is 2.65 bits per heavy atom. The highest BCUT2D eigenvalue weighted by molar-refractivity contribution is 5.90. The Hall–Kier alpha value is -1.64. The number of carbonyl (C=O) groups excluding carboxylic acids is 2. The number of hydrogen-bond acceptors (Lipinski definition) is 5. The van der Waals surface area contributed by atoms with Gasteiger partial charge in [-0.25, -0.2) is 0 Å². The summed E-state index contributed by atoms with van der Waals surface area (Å²) in [5.41, 5.74) is 5.88. The monoisotopic (exact) mass is 345 g/mol. The summed E-state index contributed by atoms with van der Waals surface area (Å²) < 4.78 is 7.13. The minimum atomic E-state index is -0.163. The molecule has 1 aliphatic rings. The SMILES string of the molecule is CC1CN(C(=O)Cn2cc(NC(=O)CCN)cn2)CC(C)O1.Cl. The van der Waals surface area contributed by atoms with Crippen LogP contribution in [0.4, 0.5) is 5.69 Å². The lowest BCUT2D eigenvalue weighted by Gasteiger charge is -2.35. The number of carbonyl (C=O) groups is 2. The lowest BCUT2D eigenvalue weighted by Crippen LogP contribution is -2.49. The molecule has 0 bridgehead atoms. The number of halogens is 1. The van der Waals surface area contributed by atoms with Crippen molar-refractivity contribution in [1.29, 1.82) is 0 Å². The van der Waals surface area contributed by atoms with E-state index in [1.807, 2.05) is 13.8 Å². The van der Waals surface area contributed by atoms with Crippen molar-refractivity contribution in [2.75, 3.05) is 25.0 Å². The minimum Gasteiger partial charge on any atom is -0.372 e. The Morgan fingerprint density at radius 1 is 1.39 bits per heavy atom. The third-order valence-electron chi connectivity index (χ3n) is 3.36. The number of hydrogen-bond donors (Lipinski definition) is 2. The van der Waals surface area contributed by atoms with Gasteiger partial charge >= 0.3 is 0 Å². The molecule has 23 heavy (non-hydrogen) atoms. The molecule has 0 radical (unpaired) electrons. The van der Waals surface area contributed by atoms with Crippen LogP contribution in [0, 0.1) is 0 Å². The van der Waals surface area contributed by atoms with Gasteiger partial charge in [0.15, 0.2) is 0 Å². The molecule has 2 heterocycles. The van der Waals surface area contributed by atoms with Crippen LogP contribution in [0.1, 0.15) is 20.3 Å². The summed E-state index contributed by atoms with van der Waals surface area (Å²) in [6, 6.07) is 0. The Labute approximate surface area is 141 Å². The number of rotatable bonds is 5. The predicted molar refractivity (Wildman–Crippen MR) is 88.4 cm³/mol. The van der Waals surface area contributed by atoms with Gasteiger partial charge in [-0.2, -0.15) is 5.10 Å². The van der Waals surface area contributed by atoms with Gasteiger partial charge in [0, 0.05) is 32.3 Å². The van der Waals surface area contributed by atoms with E-state index >= 15 is 0 Å². The summed E-state index contributed by atoms with van der Waals surface area (Å²) in [6.45, 7) is 5.52. The molecular formula is C14H24ClN5O3. The summed E-state index contributed by atoms with van der Waals surface area (Å²) >= 11 is 0. The maximum atomic E-state index is 12.3. The second-order valence-electron chi connectivity index (χ2n) is 5.57. The molecule has 2 atom stereocenters. The lowest BCUT2D eigenvalue weighted by atomic mass is 10.2. The second-order valence-corrected chi connectivity index (χ2v) is 5.57. The van der Waals surface area contributed by atoms with Crippen molar-refractivity contribution in [1.82, 2.24) is 14.7 Å². The molecule has 0 aliphatic carbocycles. The van der Waals surface area contributed by atoms with E-state index in [0.717, 1.165) is 0 Å². The number of nitrogens with one attached hydrogen (secondary N) is 1. The van der Waals surface area contributed by atoms with Gasteiger partial charge < -0.3 is 20.7 Å². The summed E-state index contributed by atoms with van der Waals surface area (Å²) in [6.07, 6.45) is 3.49.